The highest BCUT2D eigenvalue weighted by molar-refractivity contribution is 5.69. The summed E-state index contributed by atoms with van der Waals surface area (Å²) in [4.78, 5) is 17.9. The molecule has 2 rings (SSSR count). The predicted molar refractivity (Wildman–Crippen MR) is 82.3 cm³/mol. The van der Waals surface area contributed by atoms with E-state index in [-0.39, 0.29) is 6.09 Å². The van der Waals surface area contributed by atoms with E-state index in [1.165, 1.54) is 5.69 Å². The largest absolute Gasteiger partial charge is 0.444 e. The van der Waals surface area contributed by atoms with Gasteiger partial charge in [-0.05, 0) is 34.1 Å². The molecule has 0 aromatic carbocycles. The summed E-state index contributed by atoms with van der Waals surface area (Å²) >= 11 is 0. The molecule has 1 aromatic heterocycles. The summed E-state index contributed by atoms with van der Waals surface area (Å²) in [5, 5.41) is 0. The van der Waals surface area contributed by atoms with Crippen LogP contribution in [-0.4, -0.2) is 39.2 Å². The van der Waals surface area contributed by atoms with Crippen LogP contribution in [0.5, 0.6) is 0 Å². The number of amides is 1. The number of imidazole rings is 1. The van der Waals surface area contributed by atoms with Crippen molar-refractivity contribution in [2.24, 2.45) is 0 Å². The van der Waals surface area contributed by atoms with Crippen molar-refractivity contribution in [2.75, 3.05) is 13.1 Å². The van der Waals surface area contributed by atoms with E-state index < -0.39 is 5.60 Å². The minimum absolute atomic E-state index is 0.232. The molecule has 1 amide bonds. The molecule has 1 fully saturated rings. The van der Waals surface area contributed by atoms with Crippen LogP contribution in [-0.2, 0) is 4.74 Å². The van der Waals surface area contributed by atoms with Crippen molar-refractivity contribution in [1.82, 2.24) is 14.5 Å². The Morgan fingerprint density at radius 1 is 1.57 bits per heavy atom. The van der Waals surface area contributed by atoms with Crippen molar-refractivity contribution in [3.05, 3.63) is 30.9 Å². The van der Waals surface area contributed by atoms with Gasteiger partial charge in [-0.1, -0.05) is 6.08 Å². The third-order valence-electron chi connectivity index (χ3n) is 3.63. The molecule has 0 bridgehead atoms. The maximum absolute atomic E-state index is 11.9. The van der Waals surface area contributed by atoms with Crippen LogP contribution in [0.4, 0.5) is 4.79 Å². The summed E-state index contributed by atoms with van der Waals surface area (Å²) in [5.41, 5.74) is 0.742. The lowest BCUT2D eigenvalue weighted by molar-refractivity contribution is 0.00752. The van der Waals surface area contributed by atoms with Crippen molar-refractivity contribution in [3.8, 4) is 0 Å². The summed E-state index contributed by atoms with van der Waals surface area (Å²) in [5.74, 6) is 0.340. The molecule has 1 atom stereocenters. The second kappa shape index (κ2) is 5.92. The molecule has 5 heteroatoms. The number of hydrogen-bond donors (Lipinski definition) is 0. The minimum Gasteiger partial charge on any atom is -0.444 e. The van der Waals surface area contributed by atoms with Crippen LogP contribution in [0, 0.1) is 0 Å². The molecule has 5 nitrogen and oxygen atoms in total. The Hall–Kier alpha value is -1.78. The van der Waals surface area contributed by atoms with Gasteiger partial charge in [-0.2, -0.15) is 0 Å². The van der Waals surface area contributed by atoms with Crippen molar-refractivity contribution in [3.63, 3.8) is 0 Å². The van der Waals surface area contributed by atoms with Gasteiger partial charge in [0, 0.05) is 36.9 Å². The molecule has 0 radical (unpaired) electrons. The highest BCUT2D eigenvalue weighted by Gasteiger charge is 2.36. The Kier molecular flexibility index (Phi) is 4.40. The normalized spacial score (nSPS) is 17.2. The molecule has 1 unspecified atom stereocenters. The summed E-state index contributed by atoms with van der Waals surface area (Å²) in [6, 6.07) is 0.343. The molecular formula is C16H25N3O2. The van der Waals surface area contributed by atoms with Gasteiger partial charge in [-0.25, -0.2) is 9.78 Å². The molecule has 0 saturated carbocycles. The van der Waals surface area contributed by atoms with Gasteiger partial charge in [-0.3, -0.25) is 0 Å². The fraction of sp³-hybridized carbons (Fsp3) is 0.625. The zero-order valence-corrected chi connectivity index (χ0v) is 13.4. The van der Waals surface area contributed by atoms with Gasteiger partial charge in [0.25, 0.3) is 0 Å². The van der Waals surface area contributed by atoms with Crippen molar-refractivity contribution >= 4 is 6.09 Å². The number of rotatable bonds is 4. The van der Waals surface area contributed by atoms with E-state index in [4.69, 9.17) is 4.74 Å². The van der Waals surface area contributed by atoms with Gasteiger partial charge in [0.2, 0.25) is 0 Å². The van der Waals surface area contributed by atoms with E-state index in [9.17, 15) is 4.79 Å². The number of hydrogen-bond acceptors (Lipinski definition) is 3. The van der Waals surface area contributed by atoms with Crippen LogP contribution in [0.25, 0.3) is 0 Å². The van der Waals surface area contributed by atoms with Crippen LogP contribution in [0.3, 0.4) is 0 Å². The van der Waals surface area contributed by atoms with Gasteiger partial charge in [-0.15, -0.1) is 6.58 Å². The van der Waals surface area contributed by atoms with Crippen LogP contribution in [0.15, 0.2) is 25.2 Å². The van der Waals surface area contributed by atoms with Crippen LogP contribution < -0.4 is 0 Å². The zero-order chi connectivity index (χ0) is 15.6. The Morgan fingerprint density at radius 3 is 2.81 bits per heavy atom. The fourth-order valence-electron chi connectivity index (χ4n) is 2.50. The summed E-state index contributed by atoms with van der Waals surface area (Å²) in [7, 11) is 0. The summed E-state index contributed by atoms with van der Waals surface area (Å²) < 4.78 is 7.55. The number of carbonyl (C=O) groups is 1. The van der Waals surface area contributed by atoms with E-state index in [0.717, 1.165) is 6.42 Å². The molecule has 0 N–H and O–H groups in total. The van der Waals surface area contributed by atoms with Crippen molar-refractivity contribution in [1.29, 1.82) is 0 Å². The van der Waals surface area contributed by atoms with Gasteiger partial charge >= 0.3 is 6.09 Å². The van der Waals surface area contributed by atoms with E-state index in [0.29, 0.717) is 25.0 Å². The lowest BCUT2D eigenvalue weighted by Crippen LogP contribution is -2.50. The lowest BCUT2D eigenvalue weighted by atomic mass is 9.96. The molecule has 0 spiro atoms. The first kappa shape index (κ1) is 15.6. The molecule has 2 heterocycles. The van der Waals surface area contributed by atoms with Crippen LogP contribution >= 0.6 is 0 Å². The Bertz CT molecular complexity index is 510. The number of aromatic nitrogens is 2. The number of nitrogens with zero attached hydrogens (tertiary/aromatic N) is 3. The first-order chi connectivity index (χ1) is 9.81. The van der Waals surface area contributed by atoms with Crippen molar-refractivity contribution in [2.45, 2.75) is 51.7 Å². The molecule has 21 heavy (non-hydrogen) atoms. The number of allylic oxidation sites excluding steroid dienone is 1. The van der Waals surface area contributed by atoms with E-state index in [1.54, 1.807) is 4.90 Å². The summed E-state index contributed by atoms with van der Waals surface area (Å²) in [6.07, 6.45) is 6.36. The number of ether oxygens (including phenoxy) is 1. The third kappa shape index (κ3) is 3.65. The first-order valence-corrected chi connectivity index (χ1v) is 7.42. The Morgan fingerprint density at radius 2 is 2.24 bits per heavy atom. The van der Waals surface area contributed by atoms with E-state index in [2.05, 4.69) is 23.1 Å². The van der Waals surface area contributed by atoms with Crippen molar-refractivity contribution < 1.29 is 9.53 Å². The monoisotopic (exact) mass is 291 g/mol. The van der Waals surface area contributed by atoms with Gasteiger partial charge in [0.1, 0.15) is 5.60 Å². The molecule has 1 aliphatic heterocycles. The zero-order valence-electron chi connectivity index (χ0n) is 13.4. The van der Waals surface area contributed by atoms with E-state index >= 15 is 0 Å². The smallest absolute Gasteiger partial charge is 0.410 e. The first-order valence-electron chi connectivity index (χ1n) is 7.42. The highest BCUT2D eigenvalue weighted by atomic mass is 16.6. The molecule has 1 aromatic rings. The van der Waals surface area contributed by atoms with Gasteiger partial charge in [0.05, 0.1) is 6.33 Å². The van der Waals surface area contributed by atoms with Gasteiger partial charge < -0.3 is 14.2 Å². The lowest BCUT2D eigenvalue weighted by Gasteiger charge is -2.40. The maximum atomic E-state index is 11.9. The summed E-state index contributed by atoms with van der Waals surface area (Å²) in [6.45, 7) is 13.0. The maximum Gasteiger partial charge on any atom is 0.410 e. The SMILES string of the molecule is C=CCC(C)n1cncc1C1CN(C(=O)OC(C)(C)C)C1. The second-order valence-electron chi connectivity index (χ2n) is 6.68. The Balaban J connectivity index is 1.94. The quantitative estimate of drug-likeness (QED) is 0.799. The molecular weight excluding hydrogens is 266 g/mol. The number of carbonyl (C=O) groups excluding carboxylic acids is 1. The number of likely N-dealkylation sites (tertiary alicyclic amines) is 1. The molecule has 1 aliphatic rings. The Labute approximate surface area is 126 Å². The van der Waals surface area contributed by atoms with Crippen LogP contribution in [0.1, 0.15) is 51.8 Å². The highest BCUT2D eigenvalue weighted by Crippen LogP contribution is 2.30. The van der Waals surface area contributed by atoms with Crippen LogP contribution in [0.2, 0.25) is 0 Å². The average molecular weight is 291 g/mol. The molecule has 116 valence electrons. The molecule has 0 aliphatic carbocycles. The third-order valence-corrected chi connectivity index (χ3v) is 3.63. The second-order valence-corrected chi connectivity index (χ2v) is 6.68. The van der Waals surface area contributed by atoms with E-state index in [1.807, 2.05) is 39.4 Å². The molecule has 1 saturated heterocycles. The minimum atomic E-state index is -0.442. The topological polar surface area (TPSA) is 47.4 Å². The standard InChI is InChI=1S/C16H25N3O2/c1-6-7-12(2)19-11-17-8-14(19)13-9-18(10-13)15(20)21-16(3,4)5/h6,8,11-13H,1,7,9-10H2,2-5H3. The average Bonchev–Trinajstić information content (AvgIpc) is 2.73. The predicted octanol–water partition coefficient (Wildman–Crippen LogP) is 3.35. The van der Waals surface area contributed by atoms with Gasteiger partial charge in [0.15, 0.2) is 0 Å². The fourth-order valence-corrected chi connectivity index (χ4v) is 2.50.